The van der Waals surface area contributed by atoms with Gasteiger partial charge >= 0.3 is 0 Å². The maximum absolute atomic E-state index is 10.2. The lowest BCUT2D eigenvalue weighted by Gasteiger charge is -2.07. The predicted molar refractivity (Wildman–Crippen MR) is 113 cm³/mol. The maximum atomic E-state index is 10.2. The van der Waals surface area contributed by atoms with Crippen LogP contribution in [0.15, 0.2) is 53.6 Å². The van der Waals surface area contributed by atoms with Crippen LogP contribution in [-0.2, 0) is 12.8 Å². The maximum Gasteiger partial charge on any atom is 0.123 e. The van der Waals surface area contributed by atoms with Crippen molar-refractivity contribution in [1.82, 2.24) is 0 Å². The zero-order valence-corrected chi connectivity index (χ0v) is 16.5. The molecule has 0 heterocycles. The standard InChI is InChI=1S/C24H28O3/c1-16(2)5-10-20-13-18(9-12-22(20)25)7-8-19-14-23(26)21(24(27)15-19)11-6-17(3)4/h5-9,12-15,25-27H,10-11H2,1-4H3/b8-7+. The predicted octanol–water partition coefficient (Wildman–Crippen LogP) is 5.99. The van der Waals surface area contributed by atoms with Gasteiger partial charge in [0.05, 0.1) is 0 Å². The van der Waals surface area contributed by atoms with Crippen molar-refractivity contribution in [2.24, 2.45) is 0 Å². The summed E-state index contributed by atoms with van der Waals surface area (Å²) in [5.74, 6) is 0.452. The van der Waals surface area contributed by atoms with E-state index in [0.29, 0.717) is 24.0 Å². The van der Waals surface area contributed by atoms with Crippen molar-refractivity contribution in [2.75, 3.05) is 0 Å². The Morgan fingerprint density at radius 3 is 1.85 bits per heavy atom. The van der Waals surface area contributed by atoms with E-state index in [1.165, 1.54) is 5.57 Å². The highest BCUT2D eigenvalue weighted by molar-refractivity contribution is 5.72. The van der Waals surface area contributed by atoms with Crippen LogP contribution in [0.4, 0.5) is 0 Å². The van der Waals surface area contributed by atoms with Crippen LogP contribution >= 0.6 is 0 Å². The molecule has 0 saturated heterocycles. The zero-order chi connectivity index (χ0) is 20.0. The Kier molecular flexibility index (Phi) is 6.89. The molecule has 0 amide bonds. The molecule has 2 aromatic carbocycles. The molecular weight excluding hydrogens is 336 g/mol. The summed E-state index contributed by atoms with van der Waals surface area (Å²) in [6, 6.07) is 8.75. The van der Waals surface area contributed by atoms with E-state index in [9.17, 15) is 15.3 Å². The van der Waals surface area contributed by atoms with Crippen molar-refractivity contribution in [1.29, 1.82) is 0 Å². The number of benzene rings is 2. The van der Waals surface area contributed by atoms with Gasteiger partial charge in [-0.05, 0) is 81.5 Å². The molecule has 0 fully saturated rings. The highest BCUT2D eigenvalue weighted by Crippen LogP contribution is 2.31. The topological polar surface area (TPSA) is 60.7 Å². The van der Waals surface area contributed by atoms with Crippen LogP contribution in [0.1, 0.15) is 49.9 Å². The first-order valence-corrected chi connectivity index (χ1v) is 9.08. The molecule has 2 aromatic rings. The quantitative estimate of drug-likeness (QED) is 0.436. The van der Waals surface area contributed by atoms with Crippen molar-refractivity contribution < 1.29 is 15.3 Å². The molecule has 0 radical (unpaired) electrons. The monoisotopic (exact) mass is 364 g/mol. The van der Waals surface area contributed by atoms with Gasteiger partial charge in [0.1, 0.15) is 17.2 Å². The molecule has 3 heteroatoms. The normalized spacial score (nSPS) is 10.8. The second-order valence-corrected chi connectivity index (χ2v) is 7.23. The molecule has 142 valence electrons. The average Bonchev–Trinajstić information content (AvgIpc) is 2.58. The summed E-state index contributed by atoms with van der Waals surface area (Å²) in [6.45, 7) is 8.02. The lowest BCUT2D eigenvalue weighted by atomic mass is 10.0. The Balaban J connectivity index is 2.24. The van der Waals surface area contributed by atoms with E-state index in [-0.39, 0.29) is 17.2 Å². The fourth-order valence-corrected chi connectivity index (χ4v) is 2.65. The third-order valence-corrected chi connectivity index (χ3v) is 4.24. The zero-order valence-electron chi connectivity index (χ0n) is 16.5. The van der Waals surface area contributed by atoms with Gasteiger partial charge in [-0.2, -0.15) is 0 Å². The Morgan fingerprint density at radius 1 is 0.704 bits per heavy atom. The summed E-state index contributed by atoms with van der Waals surface area (Å²) in [5.41, 5.74) is 5.38. The minimum absolute atomic E-state index is 0.0853. The second kappa shape index (κ2) is 9.13. The fraction of sp³-hybridized carbons (Fsp3) is 0.250. The molecule has 0 unspecified atom stereocenters. The van der Waals surface area contributed by atoms with E-state index in [4.69, 9.17) is 0 Å². The van der Waals surface area contributed by atoms with Crippen molar-refractivity contribution in [3.05, 3.63) is 75.9 Å². The van der Waals surface area contributed by atoms with Gasteiger partial charge in [-0.1, -0.05) is 41.5 Å². The van der Waals surface area contributed by atoms with Gasteiger partial charge in [-0.15, -0.1) is 0 Å². The molecule has 3 nitrogen and oxygen atoms in total. The highest BCUT2D eigenvalue weighted by Gasteiger charge is 2.08. The molecule has 0 aliphatic carbocycles. The SMILES string of the molecule is CC(C)=CCc1cc(/C=C/c2cc(O)c(CC=C(C)C)c(O)c2)ccc1O. The van der Waals surface area contributed by atoms with Crippen molar-refractivity contribution in [2.45, 2.75) is 40.5 Å². The number of phenolic OH excluding ortho intramolecular Hbond substituents is 3. The molecule has 0 aromatic heterocycles. The molecule has 0 atom stereocenters. The summed E-state index contributed by atoms with van der Waals surface area (Å²) >= 11 is 0. The average molecular weight is 364 g/mol. The van der Waals surface area contributed by atoms with Crippen LogP contribution in [0.5, 0.6) is 17.2 Å². The number of allylic oxidation sites excluding steroid dienone is 4. The molecule has 0 saturated carbocycles. The van der Waals surface area contributed by atoms with E-state index in [0.717, 1.165) is 16.7 Å². The van der Waals surface area contributed by atoms with Gasteiger partial charge in [0, 0.05) is 5.56 Å². The first-order chi connectivity index (χ1) is 12.8. The Bertz CT molecular complexity index is 871. The van der Waals surface area contributed by atoms with Crippen molar-refractivity contribution in [3.63, 3.8) is 0 Å². The molecular formula is C24H28O3. The van der Waals surface area contributed by atoms with E-state index in [2.05, 4.69) is 6.08 Å². The van der Waals surface area contributed by atoms with Gasteiger partial charge < -0.3 is 15.3 Å². The number of hydrogen-bond acceptors (Lipinski definition) is 3. The molecule has 0 aliphatic heterocycles. The van der Waals surface area contributed by atoms with Gasteiger partial charge in [-0.3, -0.25) is 0 Å². The number of aromatic hydroxyl groups is 3. The summed E-state index contributed by atoms with van der Waals surface area (Å²) in [6.07, 6.45) is 8.95. The van der Waals surface area contributed by atoms with Crippen molar-refractivity contribution >= 4 is 12.2 Å². The molecule has 0 bridgehead atoms. The lowest BCUT2D eigenvalue weighted by molar-refractivity contribution is 0.440. The van der Waals surface area contributed by atoms with Crippen LogP contribution < -0.4 is 0 Å². The summed E-state index contributed by atoms with van der Waals surface area (Å²) in [4.78, 5) is 0. The Labute approximate surface area is 161 Å². The lowest BCUT2D eigenvalue weighted by Crippen LogP contribution is -1.87. The van der Waals surface area contributed by atoms with Crippen LogP contribution in [0.3, 0.4) is 0 Å². The third-order valence-electron chi connectivity index (χ3n) is 4.24. The Morgan fingerprint density at radius 2 is 1.26 bits per heavy atom. The summed E-state index contributed by atoms with van der Waals surface area (Å²) < 4.78 is 0. The van der Waals surface area contributed by atoms with E-state index in [1.54, 1.807) is 18.2 Å². The Hall–Kier alpha value is -2.94. The second-order valence-electron chi connectivity index (χ2n) is 7.23. The number of hydrogen-bond donors (Lipinski definition) is 3. The van der Waals surface area contributed by atoms with Gasteiger partial charge in [0.2, 0.25) is 0 Å². The molecule has 2 rings (SSSR count). The molecule has 0 spiro atoms. The van der Waals surface area contributed by atoms with Crippen molar-refractivity contribution in [3.8, 4) is 17.2 Å². The fourth-order valence-electron chi connectivity index (χ4n) is 2.65. The number of rotatable bonds is 6. The van der Waals surface area contributed by atoms with E-state index >= 15 is 0 Å². The van der Waals surface area contributed by atoms with Crippen LogP contribution in [0.2, 0.25) is 0 Å². The van der Waals surface area contributed by atoms with Gasteiger partial charge in [0.15, 0.2) is 0 Å². The molecule has 27 heavy (non-hydrogen) atoms. The third kappa shape index (κ3) is 6.07. The summed E-state index contributed by atoms with van der Waals surface area (Å²) in [5, 5.41) is 30.4. The summed E-state index contributed by atoms with van der Waals surface area (Å²) in [7, 11) is 0. The molecule has 0 aliphatic rings. The van der Waals surface area contributed by atoms with Crippen LogP contribution in [-0.4, -0.2) is 15.3 Å². The van der Waals surface area contributed by atoms with Gasteiger partial charge in [-0.25, -0.2) is 0 Å². The van der Waals surface area contributed by atoms with Gasteiger partial charge in [0.25, 0.3) is 0 Å². The van der Waals surface area contributed by atoms with Crippen LogP contribution in [0, 0.1) is 0 Å². The largest absolute Gasteiger partial charge is 0.508 e. The van der Waals surface area contributed by atoms with E-state index < -0.39 is 0 Å². The molecule has 3 N–H and O–H groups in total. The van der Waals surface area contributed by atoms with Crippen LogP contribution in [0.25, 0.3) is 12.2 Å². The highest BCUT2D eigenvalue weighted by atomic mass is 16.3. The number of phenols is 3. The minimum atomic E-state index is 0.0853. The van der Waals surface area contributed by atoms with E-state index in [1.807, 2.05) is 58.1 Å². The first-order valence-electron chi connectivity index (χ1n) is 9.08. The minimum Gasteiger partial charge on any atom is -0.508 e. The smallest absolute Gasteiger partial charge is 0.123 e. The first kappa shape index (κ1) is 20.4.